The molecule has 2 rings (SSSR count). The topological polar surface area (TPSA) is 119 Å². The maximum absolute atomic E-state index is 11.6. The highest BCUT2D eigenvalue weighted by atomic mass is 16.5. The van der Waals surface area contributed by atoms with E-state index in [1.807, 2.05) is 38.1 Å². The highest BCUT2D eigenvalue weighted by Gasteiger charge is 2.18. The summed E-state index contributed by atoms with van der Waals surface area (Å²) in [4.78, 5) is 20.1. The molecule has 5 N–H and O–H groups in total. The van der Waals surface area contributed by atoms with Crippen molar-refractivity contribution in [2.45, 2.75) is 19.9 Å². The molecule has 0 aliphatic rings. The van der Waals surface area contributed by atoms with Gasteiger partial charge in [0.15, 0.2) is 0 Å². The molecular weight excluding hydrogens is 308 g/mol. The summed E-state index contributed by atoms with van der Waals surface area (Å²) in [6, 6.07) is 7.54. The van der Waals surface area contributed by atoms with E-state index in [-0.39, 0.29) is 17.6 Å². The Hall–Kier alpha value is -2.71. The van der Waals surface area contributed by atoms with Gasteiger partial charge in [0.05, 0.1) is 12.6 Å². The molecule has 8 nitrogen and oxygen atoms in total. The number of aryl methyl sites for hydroxylation is 1. The number of ether oxygens (including phenoxy) is 1. The molecule has 0 fully saturated rings. The average molecular weight is 330 g/mol. The fourth-order valence-electron chi connectivity index (χ4n) is 2.15. The summed E-state index contributed by atoms with van der Waals surface area (Å²) in [6.07, 6.45) is 1.36. The number of primary amides is 1. The van der Waals surface area contributed by atoms with E-state index >= 15 is 0 Å². The Kier molecular flexibility index (Phi) is 5.67. The van der Waals surface area contributed by atoms with Gasteiger partial charge in [0.25, 0.3) is 5.91 Å². The number of nitrogens with zero attached hydrogens (tertiary/aromatic N) is 3. The largest absolute Gasteiger partial charge is 0.382 e. The van der Waals surface area contributed by atoms with E-state index in [1.54, 1.807) is 7.11 Å². The lowest BCUT2D eigenvalue weighted by Gasteiger charge is -2.24. The molecule has 1 amide bonds. The van der Waals surface area contributed by atoms with Crippen LogP contribution in [0.1, 0.15) is 22.8 Å². The van der Waals surface area contributed by atoms with Crippen molar-refractivity contribution in [3.8, 4) is 0 Å². The van der Waals surface area contributed by atoms with Crippen molar-refractivity contribution in [2.75, 3.05) is 24.0 Å². The first-order valence-electron chi connectivity index (χ1n) is 7.45. The summed E-state index contributed by atoms with van der Waals surface area (Å²) in [5, 5.41) is 4.48. The zero-order valence-electron chi connectivity index (χ0n) is 14.0. The average Bonchev–Trinajstić information content (AvgIpc) is 2.54. The summed E-state index contributed by atoms with van der Waals surface area (Å²) in [5.41, 5.74) is 7.46. The first-order chi connectivity index (χ1) is 11.4. The number of hydrazine groups is 1. The molecule has 1 atom stereocenters. The number of amides is 1. The van der Waals surface area contributed by atoms with Gasteiger partial charge >= 0.3 is 0 Å². The Morgan fingerprint density at radius 1 is 1.46 bits per heavy atom. The summed E-state index contributed by atoms with van der Waals surface area (Å²) < 4.78 is 5.08. The first kappa shape index (κ1) is 17.6. The van der Waals surface area contributed by atoms with Gasteiger partial charge in [-0.25, -0.2) is 10.8 Å². The Labute approximate surface area is 140 Å². The third-order valence-corrected chi connectivity index (χ3v) is 3.44. The molecule has 0 spiro atoms. The number of hydrogen-bond donors (Lipinski definition) is 3. The minimum absolute atomic E-state index is 0.138. The lowest BCUT2D eigenvalue weighted by Crippen LogP contribution is -2.43. The van der Waals surface area contributed by atoms with Crippen LogP contribution in [0.5, 0.6) is 0 Å². The Balaban J connectivity index is 2.36. The van der Waals surface area contributed by atoms with E-state index < -0.39 is 5.91 Å². The van der Waals surface area contributed by atoms with Gasteiger partial charge in [-0.15, -0.1) is 0 Å². The second kappa shape index (κ2) is 7.71. The second-order valence-corrected chi connectivity index (χ2v) is 5.50. The van der Waals surface area contributed by atoms with Gasteiger partial charge in [-0.2, -0.15) is 4.98 Å². The smallest absolute Gasteiger partial charge is 0.254 e. The molecule has 0 bridgehead atoms. The predicted octanol–water partition coefficient (Wildman–Crippen LogP) is 1.34. The number of carbonyl (C=O) groups is 1. The third kappa shape index (κ3) is 4.18. The van der Waals surface area contributed by atoms with Gasteiger partial charge in [-0.1, -0.05) is 12.1 Å². The van der Waals surface area contributed by atoms with E-state index in [1.165, 1.54) is 11.2 Å². The van der Waals surface area contributed by atoms with Crippen LogP contribution < -0.4 is 21.9 Å². The number of nitrogens with one attached hydrogen (secondary N) is 1. The number of aromatic nitrogens is 2. The van der Waals surface area contributed by atoms with Gasteiger partial charge in [-0.3, -0.25) is 9.80 Å². The van der Waals surface area contributed by atoms with Gasteiger partial charge in [0, 0.05) is 19.0 Å². The van der Waals surface area contributed by atoms with Crippen molar-refractivity contribution in [3.63, 3.8) is 0 Å². The number of anilines is 3. The monoisotopic (exact) mass is 330 g/mol. The van der Waals surface area contributed by atoms with Crippen LogP contribution in [0.25, 0.3) is 0 Å². The van der Waals surface area contributed by atoms with Crippen LogP contribution in [0.15, 0.2) is 30.5 Å². The van der Waals surface area contributed by atoms with Crippen LogP contribution >= 0.6 is 0 Å². The van der Waals surface area contributed by atoms with Gasteiger partial charge in [0.2, 0.25) is 5.95 Å². The molecule has 24 heavy (non-hydrogen) atoms. The van der Waals surface area contributed by atoms with Crippen molar-refractivity contribution in [1.29, 1.82) is 0 Å². The molecule has 0 saturated heterocycles. The van der Waals surface area contributed by atoms with Crippen LogP contribution in [0, 0.1) is 6.92 Å². The molecule has 0 saturated carbocycles. The summed E-state index contributed by atoms with van der Waals surface area (Å²) in [7, 11) is 1.59. The zero-order valence-corrected chi connectivity index (χ0v) is 14.0. The minimum atomic E-state index is -0.620. The SMILES string of the molecule is COC[C@H](C)N(N)c1ncc(C(N)=O)c(Nc2cccc(C)c2)n1. The normalized spacial score (nSPS) is 11.8. The third-order valence-electron chi connectivity index (χ3n) is 3.44. The molecule has 128 valence electrons. The maximum atomic E-state index is 11.6. The summed E-state index contributed by atoms with van der Waals surface area (Å²) in [5.74, 6) is 5.97. The lowest BCUT2D eigenvalue weighted by atomic mass is 10.2. The zero-order chi connectivity index (χ0) is 17.7. The van der Waals surface area contributed by atoms with E-state index in [0.717, 1.165) is 11.3 Å². The highest BCUT2D eigenvalue weighted by Crippen LogP contribution is 2.21. The maximum Gasteiger partial charge on any atom is 0.254 e. The van der Waals surface area contributed by atoms with Crippen LogP contribution in [0.2, 0.25) is 0 Å². The van der Waals surface area contributed by atoms with Crippen LogP contribution in [-0.4, -0.2) is 35.6 Å². The van der Waals surface area contributed by atoms with Crippen molar-refractivity contribution in [1.82, 2.24) is 9.97 Å². The minimum Gasteiger partial charge on any atom is -0.382 e. The number of hydrogen-bond acceptors (Lipinski definition) is 7. The molecule has 1 heterocycles. The number of rotatable bonds is 7. The van der Waals surface area contributed by atoms with Gasteiger partial charge < -0.3 is 15.8 Å². The molecule has 0 unspecified atom stereocenters. The Bertz CT molecular complexity index is 721. The van der Waals surface area contributed by atoms with Gasteiger partial charge in [0.1, 0.15) is 11.4 Å². The number of benzene rings is 1. The molecule has 0 aliphatic heterocycles. The quantitative estimate of drug-likeness (QED) is 0.517. The van der Waals surface area contributed by atoms with Crippen molar-refractivity contribution in [2.24, 2.45) is 11.6 Å². The molecule has 0 radical (unpaired) electrons. The van der Waals surface area contributed by atoms with Gasteiger partial charge in [-0.05, 0) is 31.5 Å². The van der Waals surface area contributed by atoms with E-state index in [0.29, 0.717) is 12.4 Å². The predicted molar refractivity (Wildman–Crippen MR) is 93.0 cm³/mol. The first-order valence-corrected chi connectivity index (χ1v) is 7.45. The fraction of sp³-hybridized carbons (Fsp3) is 0.312. The van der Waals surface area contributed by atoms with Crippen molar-refractivity contribution in [3.05, 3.63) is 41.6 Å². The van der Waals surface area contributed by atoms with Crippen molar-refractivity contribution < 1.29 is 9.53 Å². The molecule has 1 aromatic heterocycles. The lowest BCUT2D eigenvalue weighted by molar-refractivity contribution is 0.100. The number of methoxy groups -OCH3 is 1. The Morgan fingerprint density at radius 3 is 2.83 bits per heavy atom. The van der Waals surface area contributed by atoms with Crippen LogP contribution in [0.4, 0.5) is 17.5 Å². The summed E-state index contributed by atoms with van der Waals surface area (Å²) in [6.45, 7) is 4.26. The summed E-state index contributed by atoms with van der Waals surface area (Å²) >= 11 is 0. The van der Waals surface area contributed by atoms with E-state index in [2.05, 4.69) is 15.3 Å². The molecule has 0 aliphatic carbocycles. The number of carbonyl (C=O) groups excluding carboxylic acids is 1. The standard InChI is InChI=1S/C16H22N6O2/c1-10-5-4-6-12(7-10)20-15-13(14(17)23)8-19-16(21-15)22(18)11(2)9-24-3/h4-8,11H,9,18H2,1-3H3,(H2,17,23)(H,19,20,21)/t11-/m0/s1. The molecule has 1 aromatic carbocycles. The number of nitrogens with two attached hydrogens (primary N) is 2. The van der Waals surface area contributed by atoms with E-state index in [9.17, 15) is 4.79 Å². The Morgan fingerprint density at radius 2 is 2.21 bits per heavy atom. The molecule has 2 aromatic rings. The fourth-order valence-corrected chi connectivity index (χ4v) is 2.15. The molecule has 8 heteroatoms. The molecular formula is C16H22N6O2. The highest BCUT2D eigenvalue weighted by molar-refractivity contribution is 5.98. The van der Waals surface area contributed by atoms with Crippen LogP contribution in [0.3, 0.4) is 0 Å². The van der Waals surface area contributed by atoms with Crippen molar-refractivity contribution >= 4 is 23.4 Å². The van der Waals surface area contributed by atoms with Crippen LogP contribution in [-0.2, 0) is 4.74 Å². The van der Waals surface area contributed by atoms with E-state index in [4.69, 9.17) is 16.3 Å². The second-order valence-electron chi connectivity index (χ2n) is 5.50.